The third kappa shape index (κ3) is 3.55. The molecule has 0 saturated carbocycles. The first-order valence-electron chi connectivity index (χ1n) is 7.34. The van der Waals surface area contributed by atoms with Crippen molar-refractivity contribution in [2.24, 2.45) is 0 Å². The summed E-state index contributed by atoms with van der Waals surface area (Å²) in [6.07, 6.45) is 1.69. The normalized spacial score (nSPS) is 10.3. The molecule has 4 heteroatoms. The lowest BCUT2D eigenvalue weighted by Gasteiger charge is -2.09. The maximum absolute atomic E-state index is 12.5. The van der Waals surface area contributed by atoms with Crippen molar-refractivity contribution in [2.45, 2.75) is 6.54 Å². The van der Waals surface area contributed by atoms with E-state index in [0.717, 1.165) is 5.56 Å². The average Bonchev–Trinajstić information content (AvgIpc) is 2.58. The molecule has 23 heavy (non-hydrogen) atoms. The van der Waals surface area contributed by atoms with Crippen LogP contribution >= 0.6 is 0 Å². The van der Waals surface area contributed by atoms with E-state index in [1.807, 2.05) is 48.5 Å². The van der Waals surface area contributed by atoms with E-state index in [4.69, 9.17) is 0 Å². The second-order valence-electron chi connectivity index (χ2n) is 5.16. The van der Waals surface area contributed by atoms with Gasteiger partial charge in [-0.05, 0) is 29.8 Å². The molecular formula is C19H16N2O2. The van der Waals surface area contributed by atoms with E-state index in [1.165, 1.54) is 4.57 Å². The van der Waals surface area contributed by atoms with Crippen LogP contribution in [-0.2, 0) is 6.54 Å². The molecular weight excluding hydrogens is 288 g/mol. The van der Waals surface area contributed by atoms with Crippen molar-refractivity contribution in [3.63, 3.8) is 0 Å². The van der Waals surface area contributed by atoms with Gasteiger partial charge < -0.3 is 9.88 Å². The fraction of sp³-hybridized carbons (Fsp3) is 0.0526. The van der Waals surface area contributed by atoms with E-state index in [0.29, 0.717) is 12.2 Å². The number of pyridine rings is 1. The van der Waals surface area contributed by atoms with Crippen molar-refractivity contribution in [3.8, 4) is 0 Å². The van der Waals surface area contributed by atoms with Crippen LogP contribution in [0.15, 0.2) is 83.8 Å². The van der Waals surface area contributed by atoms with Crippen LogP contribution in [0, 0.1) is 0 Å². The highest BCUT2D eigenvalue weighted by Gasteiger charge is 2.12. The second kappa shape index (κ2) is 6.75. The summed E-state index contributed by atoms with van der Waals surface area (Å²) in [5.74, 6) is -0.399. The number of carbonyl (C=O) groups excluding carboxylic acids is 1. The summed E-state index contributed by atoms with van der Waals surface area (Å²) in [6, 6.07) is 22.0. The monoisotopic (exact) mass is 304 g/mol. The summed E-state index contributed by atoms with van der Waals surface area (Å²) in [7, 11) is 0. The Hall–Kier alpha value is -3.14. The topological polar surface area (TPSA) is 51.1 Å². The molecule has 0 bridgehead atoms. The first kappa shape index (κ1) is 14.8. The minimum absolute atomic E-state index is 0.132. The lowest BCUT2D eigenvalue weighted by Crippen LogP contribution is -2.29. The lowest BCUT2D eigenvalue weighted by atomic mass is 10.2. The number of hydrogen-bond acceptors (Lipinski definition) is 2. The van der Waals surface area contributed by atoms with Crippen LogP contribution in [0.1, 0.15) is 15.9 Å². The van der Waals surface area contributed by atoms with E-state index >= 15 is 0 Å². The smallest absolute Gasteiger partial charge is 0.263 e. The summed E-state index contributed by atoms with van der Waals surface area (Å²) in [4.78, 5) is 24.8. The van der Waals surface area contributed by atoms with E-state index in [-0.39, 0.29) is 11.1 Å². The van der Waals surface area contributed by atoms with Crippen LogP contribution in [0.5, 0.6) is 0 Å². The highest BCUT2D eigenvalue weighted by atomic mass is 16.2. The molecule has 3 aromatic rings. The van der Waals surface area contributed by atoms with Crippen LogP contribution in [0.25, 0.3) is 0 Å². The van der Waals surface area contributed by atoms with Crippen molar-refractivity contribution >= 4 is 11.6 Å². The number of para-hydroxylation sites is 1. The van der Waals surface area contributed by atoms with Gasteiger partial charge in [0.2, 0.25) is 0 Å². The zero-order valence-corrected chi connectivity index (χ0v) is 12.5. The number of anilines is 1. The Morgan fingerprint density at radius 1 is 0.870 bits per heavy atom. The number of benzene rings is 2. The number of amides is 1. The summed E-state index contributed by atoms with van der Waals surface area (Å²) >= 11 is 0. The first-order chi connectivity index (χ1) is 11.2. The molecule has 0 fully saturated rings. The summed E-state index contributed by atoms with van der Waals surface area (Å²) < 4.78 is 1.54. The molecule has 1 N–H and O–H groups in total. The molecule has 0 aliphatic carbocycles. The Balaban J connectivity index is 1.85. The highest BCUT2D eigenvalue weighted by molar-refractivity contribution is 6.03. The van der Waals surface area contributed by atoms with Gasteiger partial charge in [-0.3, -0.25) is 9.59 Å². The van der Waals surface area contributed by atoms with Crippen molar-refractivity contribution in [1.82, 2.24) is 4.57 Å². The first-order valence-corrected chi connectivity index (χ1v) is 7.34. The molecule has 0 spiro atoms. The SMILES string of the molecule is O=C(Nc1ccccc1)c1cccn(Cc2ccccc2)c1=O. The number of hydrogen-bond donors (Lipinski definition) is 1. The zero-order valence-electron chi connectivity index (χ0n) is 12.5. The van der Waals surface area contributed by atoms with Gasteiger partial charge in [0.25, 0.3) is 11.5 Å². The molecule has 1 amide bonds. The minimum Gasteiger partial charge on any atom is -0.322 e. The van der Waals surface area contributed by atoms with Crippen molar-refractivity contribution < 1.29 is 4.79 Å². The minimum atomic E-state index is -0.399. The molecule has 0 aliphatic heterocycles. The van der Waals surface area contributed by atoms with Crippen molar-refractivity contribution in [2.75, 3.05) is 5.32 Å². The quantitative estimate of drug-likeness (QED) is 0.805. The molecule has 1 heterocycles. The molecule has 0 saturated heterocycles. The van der Waals surface area contributed by atoms with Gasteiger partial charge in [-0.1, -0.05) is 48.5 Å². The molecule has 2 aromatic carbocycles. The molecule has 0 radical (unpaired) electrons. The van der Waals surface area contributed by atoms with Crippen LogP contribution in [-0.4, -0.2) is 10.5 Å². The lowest BCUT2D eigenvalue weighted by molar-refractivity contribution is 0.102. The number of nitrogens with one attached hydrogen (secondary N) is 1. The Bertz CT molecular complexity index is 855. The predicted molar refractivity (Wildman–Crippen MR) is 90.6 cm³/mol. The van der Waals surface area contributed by atoms with Crippen molar-refractivity contribution in [3.05, 3.63) is 100 Å². The van der Waals surface area contributed by atoms with Gasteiger partial charge in [0.05, 0.1) is 6.54 Å². The summed E-state index contributed by atoms with van der Waals surface area (Å²) in [6.45, 7) is 0.437. The van der Waals surface area contributed by atoms with Crippen molar-refractivity contribution in [1.29, 1.82) is 0 Å². The molecule has 0 aliphatic rings. The van der Waals surface area contributed by atoms with Gasteiger partial charge in [0, 0.05) is 11.9 Å². The third-order valence-corrected chi connectivity index (χ3v) is 3.49. The van der Waals surface area contributed by atoms with Crippen LogP contribution in [0.3, 0.4) is 0 Å². The van der Waals surface area contributed by atoms with Gasteiger partial charge in [0.1, 0.15) is 5.56 Å². The molecule has 114 valence electrons. The zero-order chi connectivity index (χ0) is 16.1. The third-order valence-electron chi connectivity index (χ3n) is 3.49. The highest BCUT2D eigenvalue weighted by Crippen LogP contribution is 2.07. The molecule has 4 nitrogen and oxygen atoms in total. The Labute approximate surface area is 134 Å². The second-order valence-corrected chi connectivity index (χ2v) is 5.16. The molecule has 3 rings (SSSR count). The maximum atomic E-state index is 12.5. The maximum Gasteiger partial charge on any atom is 0.263 e. The number of carbonyl (C=O) groups is 1. The van der Waals surface area contributed by atoms with Gasteiger partial charge in [-0.2, -0.15) is 0 Å². The van der Waals surface area contributed by atoms with Crippen LogP contribution < -0.4 is 10.9 Å². The fourth-order valence-corrected chi connectivity index (χ4v) is 2.33. The Morgan fingerprint density at radius 2 is 1.52 bits per heavy atom. The van der Waals surface area contributed by atoms with Crippen LogP contribution in [0.2, 0.25) is 0 Å². The van der Waals surface area contributed by atoms with E-state index in [9.17, 15) is 9.59 Å². The summed E-state index contributed by atoms with van der Waals surface area (Å²) in [5, 5.41) is 2.74. The predicted octanol–water partition coefficient (Wildman–Crippen LogP) is 3.15. The Kier molecular flexibility index (Phi) is 4.34. The number of rotatable bonds is 4. The molecule has 1 aromatic heterocycles. The van der Waals surface area contributed by atoms with Gasteiger partial charge in [-0.25, -0.2) is 0 Å². The largest absolute Gasteiger partial charge is 0.322 e. The van der Waals surface area contributed by atoms with E-state index in [2.05, 4.69) is 5.32 Å². The van der Waals surface area contributed by atoms with Crippen LogP contribution in [0.4, 0.5) is 5.69 Å². The van der Waals surface area contributed by atoms with E-state index in [1.54, 1.807) is 30.5 Å². The molecule has 0 atom stereocenters. The fourth-order valence-electron chi connectivity index (χ4n) is 2.33. The summed E-state index contributed by atoms with van der Waals surface area (Å²) in [5.41, 5.74) is 1.50. The van der Waals surface area contributed by atoms with Gasteiger partial charge in [0.15, 0.2) is 0 Å². The van der Waals surface area contributed by atoms with Gasteiger partial charge >= 0.3 is 0 Å². The molecule has 0 unspecified atom stereocenters. The van der Waals surface area contributed by atoms with E-state index < -0.39 is 5.91 Å². The van der Waals surface area contributed by atoms with Gasteiger partial charge in [-0.15, -0.1) is 0 Å². The number of aromatic nitrogens is 1. The Morgan fingerprint density at radius 3 is 2.22 bits per heavy atom. The standard InChI is InChI=1S/C19H16N2O2/c22-18(20-16-10-5-2-6-11-16)17-12-7-13-21(19(17)23)14-15-8-3-1-4-9-15/h1-13H,14H2,(H,20,22). The number of nitrogens with zero attached hydrogens (tertiary/aromatic N) is 1. The average molecular weight is 304 g/mol.